The number of carbonyl (C=O) groups excluding carboxylic acids is 1. The number of halogens is 1. The fourth-order valence-electron chi connectivity index (χ4n) is 1.63. The van der Waals surface area contributed by atoms with Gasteiger partial charge in [0.25, 0.3) is 0 Å². The van der Waals surface area contributed by atoms with Crippen LogP contribution >= 0.6 is 23.4 Å². The van der Waals surface area contributed by atoms with Crippen LogP contribution in [0.1, 0.15) is 0 Å². The molecule has 1 fully saturated rings. The molecular weight excluding hydrogens is 226 g/mol. The standard InChI is InChI=1S/C8H8ClNO3S/c9-3-4-6(11)10-5(8(12)13)1-2-14-7(4)10/h1,4,7H,2-3H2,(H,12,13)/t4?,7-/m0/s1. The second-order valence-electron chi connectivity index (χ2n) is 3.09. The number of carbonyl (C=O) groups is 2. The van der Waals surface area contributed by atoms with Crippen LogP contribution in [0.4, 0.5) is 0 Å². The van der Waals surface area contributed by atoms with Gasteiger partial charge in [-0.1, -0.05) is 0 Å². The smallest absolute Gasteiger partial charge is 0.352 e. The number of aliphatic carboxylic acids is 1. The van der Waals surface area contributed by atoms with E-state index in [0.717, 1.165) is 0 Å². The minimum atomic E-state index is -1.04. The second-order valence-corrected chi connectivity index (χ2v) is 4.55. The van der Waals surface area contributed by atoms with E-state index in [2.05, 4.69) is 0 Å². The zero-order valence-corrected chi connectivity index (χ0v) is 8.72. The lowest BCUT2D eigenvalue weighted by Crippen LogP contribution is -2.61. The Morgan fingerprint density at radius 1 is 1.79 bits per heavy atom. The van der Waals surface area contributed by atoms with Gasteiger partial charge in [-0.05, 0) is 6.08 Å². The first-order valence-electron chi connectivity index (χ1n) is 4.11. The summed E-state index contributed by atoms with van der Waals surface area (Å²) in [5, 5.41) is 8.76. The van der Waals surface area contributed by atoms with Crippen LogP contribution in [0.5, 0.6) is 0 Å². The van der Waals surface area contributed by atoms with Gasteiger partial charge in [0, 0.05) is 11.6 Å². The van der Waals surface area contributed by atoms with E-state index in [0.29, 0.717) is 5.75 Å². The van der Waals surface area contributed by atoms with Crippen molar-refractivity contribution in [3.8, 4) is 0 Å². The summed E-state index contributed by atoms with van der Waals surface area (Å²) in [4.78, 5) is 23.6. The molecule has 1 amide bonds. The first kappa shape index (κ1) is 9.86. The summed E-state index contributed by atoms with van der Waals surface area (Å²) < 4.78 is 0. The maximum absolute atomic E-state index is 11.5. The normalized spacial score (nSPS) is 30.5. The zero-order valence-electron chi connectivity index (χ0n) is 7.14. The minimum Gasteiger partial charge on any atom is -0.477 e. The first-order valence-corrected chi connectivity index (χ1v) is 5.69. The molecular formula is C8H8ClNO3S. The van der Waals surface area contributed by atoms with Gasteiger partial charge in [0.1, 0.15) is 5.70 Å². The zero-order chi connectivity index (χ0) is 10.3. The molecule has 2 rings (SSSR count). The highest BCUT2D eigenvalue weighted by molar-refractivity contribution is 8.00. The predicted molar refractivity (Wildman–Crippen MR) is 53.0 cm³/mol. The topological polar surface area (TPSA) is 57.6 Å². The van der Waals surface area contributed by atoms with E-state index in [1.54, 1.807) is 17.8 Å². The number of rotatable bonds is 2. The van der Waals surface area contributed by atoms with Crippen LogP contribution in [0.3, 0.4) is 0 Å². The number of hydrogen-bond donors (Lipinski definition) is 1. The van der Waals surface area contributed by atoms with Gasteiger partial charge in [0.15, 0.2) is 0 Å². The number of carboxylic acids is 1. The van der Waals surface area contributed by atoms with Gasteiger partial charge in [-0.25, -0.2) is 4.79 Å². The Labute approximate surface area is 89.9 Å². The molecule has 0 aromatic heterocycles. The lowest BCUT2D eigenvalue weighted by atomic mass is 9.99. The van der Waals surface area contributed by atoms with Crippen molar-refractivity contribution in [3.63, 3.8) is 0 Å². The van der Waals surface area contributed by atoms with Crippen molar-refractivity contribution < 1.29 is 14.7 Å². The summed E-state index contributed by atoms with van der Waals surface area (Å²) >= 11 is 7.17. The molecule has 2 atom stereocenters. The van der Waals surface area contributed by atoms with E-state index < -0.39 is 5.97 Å². The Kier molecular flexibility index (Phi) is 2.45. The number of hydrogen-bond acceptors (Lipinski definition) is 3. The maximum atomic E-state index is 11.5. The van der Waals surface area contributed by atoms with Gasteiger partial charge in [0.2, 0.25) is 5.91 Å². The molecule has 4 nitrogen and oxygen atoms in total. The van der Waals surface area contributed by atoms with Crippen molar-refractivity contribution in [3.05, 3.63) is 11.8 Å². The molecule has 1 N–H and O–H groups in total. The third-order valence-electron chi connectivity index (χ3n) is 2.34. The third kappa shape index (κ3) is 1.23. The van der Waals surface area contributed by atoms with E-state index in [4.69, 9.17) is 16.7 Å². The summed E-state index contributed by atoms with van der Waals surface area (Å²) in [6.45, 7) is 0. The number of amides is 1. The highest BCUT2D eigenvalue weighted by Crippen LogP contribution is 2.41. The lowest BCUT2D eigenvalue weighted by molar-refractivity contribution is -0.151. The van der Waals surface area contributed by atoms with Crippen molar-refractivity contribution in [2.24, 2.45) is 5.92 Å². The highest BCUT2D eigenvalue weighted by atomic mass is 35.5. The van der Waals surface area contributed by atoms with E-state index in [-0.39, 0.29) is 28.8 Å². The fraction of sp³-hybridized carbons (Fsp3) is 0.500. The van der Waals surface area contributed by atoms with Crippen molar-refractivity contribution in [1.29, 1.82) is 0 Å². The molecule has 14 heavy (non-hydrogen) atoms. The number of fused-ring (bicyclic) bond motifs is 1. The Bertz CT molecular complexity index is 331. The Morgan fingerprint density at radius 2 is 2.50 bits per heavy atom. The van der Waals surface area contributed by atoms with Gasteiger partial charge >= 0.3 is 5.97 Å². The van der Waals surface area contributed by atoms with Gasteiger partial charge < -0.3 is 5.11 Å². The molecule has 2 aliphatic rings. The molecule has 0 spiro atoms. The summed E-state index contributed by atoms with van der Waals surface area (Å²) in [7, 11) is 0. The van der Waals surface area contributed by atoms with E-state index in [1.165, 1.54) is 4.90 Å². The first-order chi connectivity index (χ1) is 6.66. The van der Waals surface area contributed by atoms with Crippen LogP contribution in [0, 0.1) is 5.92 Å². The summed E-state index contributed by atoms with van der Waals surface area (Å²) in [5.41, 5.74) is 0.0973. The predicted octanol–water partition coefficient (Wildman–Crippen LogP) is 0.725. The monoisotopic (exact) mass is 233 g/mol. The Balaban J connectivity index is 2.23. The van der Waals surface area contributed by atoms with Crippen LogP contribution < -0.4 is 0 Å². The van der Waals surface area contributed by atoms with Crippen LogP contribution in [0.15, 0.2) is 11.8 Å². The van der Waals surface area contributed by atoms with Crippen LogP contribution in [-0.4, -0.2) is 38.9 Å². The number of β-lactam (4-membered cyclic amide) rings is 1. The van der Waals surface area contributed by atoms with Crippen molar-refractivity contribution in [2.75, 3.05) is 11.6 Å². The average molecular weight is 234 g/mol. The SMILES string of the molecule is O=C(O)C1=CCS[C@H]2C(CCl)C(=O)N12. The van der Waals surface area contributed by atoms with Crippen molar-refractivity contribution in [2.45, 2.75) is 5.37 Å². The van der Waals surface area contributed by atoms with E-state index in [9.17, 15) is 9.59 Å². The highest BCUT2D eigenvalue weighted by Gasteiger charge is 2.51. The molecule has 0 aromatic carbocycles. The molecule has 6 heteroatoms. The van der Waals surface area contributed by atoms with Crippen LogP contribution in [0.25, 0.3) is 0 Å². The van der Waals surface area contributed by atoms with Crippen molar-refractivity contribution in [1.82, 2.24) is 4.90 Å². The summed E-state index contributed by atoms with van der Waals surface area (Å²) in [5.74, 6) is -0.546. The number of alkyl halides is 1. The largest absolute Gasteiger partial charge is 0.477 e. The molecule has 0 bridgehead atoms. The summed E-state index contributed by atoms with van der Waals surface area (Å²) in [6.07, 6.45) is 1.56. The molecule has 76 valence electrons. The molecule has 1 saturated heterocycles. The Morgan fingerprint density at radius 3 is 3.07 bits per heavy atom. The van der Waals surface area contributed by atoms with Gasteiger partial charge in [-0.3, -0.25) is 9.69 Å². The Hall–Kier alpha value is -0.680. The number of carboxylic acid groups (broad SMARTS) is 1. The average Bonchev–Trinajstić information content (AvgIpc) is 2.16. The second kappa shape index (κ2) is 3.47. The van der Waals surface area contributed by atoms with Crippen LogP contribution in [-0.2, 0) is 9.59 Å². The fourth-order valence-corrected chi connectivity index (χ4v) is 3.30. The van der Waals surface area contributed by atoms with Gasteiger partial charge in [-0.15, -0.1) is 23.4 Å². The molecule has 2 aliphatic heterocycles. The number of nitrogens with zero attached hydrogens (tertiary/aromatic N) is 1. The number of thioether (sulfide) groups is 1. The van der Waals surface area contributed by atoms with Crippen molar-refractivity contribution >= 4 is 35.2 Å². The molecule has 0 saturated carbocycles. The van der Waals surface area contributed by atoms with E-state index in [1.807, 2.05) is 0 Å². The maximum Gasteiger partial charge on any atom is 0.352 e. The van der Waals surface area contributed by atoms with E-state index >= 15 is 0 Å². The summed E-state index contributed by atoms with van der Waals surface area (Å²) in [6, 6.07) is 0. The molecule has 0 radical (unpaired) electrons. The quantitative estimate of drug-likeness (QED) is 0.564. The molecule has 0 aliphatic carbocycles. The van der Waals surface area contributed by atoms with Crippen LogP contribution in [0.2, 0.25) is 0 Å². The third-order valence-corrected chi connectivity index (χ3v) is 3.91. The van der Waals surface area contributed by atoms with Gasteiger partial charge in [-0.2, -0.15) is 0 Å². The van der Waals surface area contributed by atoms with Gasteiger partial charge in [0.05, 0.1) is 11.3 Å². The molecule has 2 heterocycles. The minimum absolute atomic E-state index is 0.0731. The molecule has 0 aromatic rings. The molecule has 1 unspecified atom stereocenters. The lowest BCUT2D eigenvalue weighted by Gasteiger charge is -2.47.